The van der Waals surface area contributed by atoms with Crippen molar-refractivity contribution >= 4 is 28.3 Å². The predicted molar refractivity (Wildman–Crippen MR) is 98.8 cm³/mol. The van der Waals surface area contributed by atoms with Gasteiger partial charge >= 0.3 is 0 Å². The van der Waals surface area contributed by atoms with E-state index in [1.807, 2.05) is 13.8 Å². The van der Waals surface area contributed by atoms with Crippen LogP contribution < -0.4 is 15.8 Å². The molecular formula is C16H28ClN3O3S. The zero-order valence-electron chi connectivity index (χ0n) is 14.5. The molecule has 0 aliphatic carbocycles. The molecule has 138 valence electrons. The Labute approximate surface area is 151 Å². The van der Waals surface area contributed by atoms with E-state index in [4.69, 9.17) is 5.73 Å². The number of rotatable bonds is 9. The SMILES string of the molecule is CCC(CC)(CN)NC(=O)CCc1ccc(S(=O)(=O)NC)cc1.Cl. The first kappa shape index (κ1) is 22.9. The Balaban J connectivity index is 0.00000529. The molecule has 0 heterocycles. The summed E-state index contributed by atoms with van der Waals surface area (Å²) < 4.78 is 25.6. The summed E-state index contributed by atoms with van der Waals surface area (Å²) >= 11 is 0. The van der Waals surface area contributed by atoms with E-state index in [9.17, 15) is 13.2 Å². The molecule has 6 nitrogen and oxygen atoms in total. The molecule has 24 heavy (non-hydrogen) atoms. The van der Waals surface area contributed by atoms with Gasteiger partial charge in [0.2, 0.25) is 15.9 Å². The van der Waals surface area contributed by atoms with Crippen molar-refractivity contribution in [2.75, 3.05) is 13.6 Å². The molecule has 0 saturated heterocycles. The van der Waals surface area contributed by atoms with Gasteiger partial charge in [0.25, 0.3) is 0 Å². The third-order valence-electron chi connectivity index (χ3n) is 4.29. The molecule has 8 heteroatoms. The average molecular weight is 378 g/mol. The van der Waals surface area contributed by atoms with Crippen LogP contribution >= 0.6 is 12.4 Å². The van der Waals surface area contributed by atoms with Crippen LogP contribution in [-0.4, -0.2) is 33.5 Å². The molecule has 0 atom stereocenters. The van der Waals surface area contributed by atoms with E-state index in [-0.39, 0.29) is 28.7 Å². The lowest BCUT2D eigenvalue weighted by Gasteiger charge is -2.31. The first-order valence-corrected chi connectivity index (χ1v) is 9.34. The normalized spacial score (nSPS) is 11.7. The quantitative estimate of drug-likeness (QED) is 0.608. The maximum absolute atomic E-state index is 12.1. The number of halogens is 1. The van der Waals surface area contributed by atoms with Crippen LogP contribution in [0.15, 0.2) is 29.2 Å². The lowest BCUT2D eigenvalue weighted by atomic mass is 9.92. The molecule has 1 aromatic rings. The summed E-state index contributed by atoms with van der Waals surface area (Å²) in [5, 5.41) is 3.02. The number of carbonyl (C=O) groups excluding carboxylic acids is 1. The fraction of sp³-hybridized carbons (Fsp3) is 0.562. The summed E-state index contributed by atoms with van der Waals surface area (Å²) in [5.41, 5.74) is 6.36. The minimum atomic E-state index is -3.42. The molecule has 0 aromatic heterocycles. The number of aryl methyl sites for hydroxylation is 1. The van der Waals surface area contributed by atoms with Crippen molar-refractivity contribution in [1.82, 2.24) is 10.0 Å². The van der Waals surface area contributed by atoms with Crippen LogP contribution in [0, 0.1) is 0 Å². The standard InChI is InChI=1S/C16H27N3O3S.ClH/c1-4-16(5-2,12-17)19-15(20)11-8-13-6-9-14(10-7-13)23(21,22)18-3;/h6-7,9-10,18H,4-5,8,11-12,17H2,1-3H3,(H,19,20);1H. The molecule has 1 rings (SSSR count). The van der Waals surface area contributed by atoms with E-state index in [0.717, 1.165) is 18.4 Å². The Hall–Kier alpha value is -1.15. The van der Waals surface area contributed by atoms with Gasteiger partial charge in [-0.1, -0.05) is 26.0 Å². The van der Waals surface area contributed by atoms with Gasteiger partial charge in [0, 0.05) is 13.0 Å². The van der Waals surface area contributed by atoms with Gasteiger partial charge < -0.3 is 11.1 Å². The number of nitrogens with two attached hydrogens (primary N) is 1. The number of benzene rings is 1. The van der Waals surface area contributed by atoms with Gasteiger partial charge in [0.05, 0.1) is 10.4 Å². The molecule has 4 N–H and O–H groups in total. The first-order valence-electron chi connectivity index (χ1n) is 7.86. The third-order valence-corrected chi connectivity index (χ3v) is 5.72. The largest absolute Gasteiger partial charge is 0.349 e. The molecule has 0 bridgehead atoms. The van der Waals surface area contributed by atoms with Crippen LogP contribution in [0.25, 0.3) is 0 Å². The molecule has 0 aliphatic rings. The topological polar surface area (TPSA) is 101 Å². The van der Waals surface area contributed by atoms with Crippen LogP contribution in [0.5, 0.6) is 0 Å². The van der Waals surface area contributed by atoms with Crippen LogP contribution in [0.4, 0.5) is 0 Å². The van der Waals surface area contributed by atoms with Gasteiger partial charge in [0.15, 0.2) is 0 Å². The molecule has 1 amide bonds. The third kappa shape index (κ3) is 6.05. The zero-order valence-corrected chi connectivity index (χ0v) is 16.1. The summed E-state index contributed by atoms with van der Waals surface area (Å²) in [4.78, 5) is 12.3. The minimum Gasteiger partial charge on any atom is -0.349 e. The number of hydrogen-bond donors (Lipinski definition) is 3. The molecule has 0 unspecified atom stereocenters. The van der Waals surface area contributed by atoms with Gasteiger partial charge in [-0.2, -0.15) is 0 Å². The number of nitrogens with one attached hydrogen (secondary N) is 2. The van der Waals surface area contributed by atoms with Crippen LogP contribution in [0.2, 0.25) is 0 Å². The van der Waals surface area contributed by atoms with Crippen molar-refractivity contribution in [2.45, 2.75) is 50.0 Å². The van der Waals surface area contributed by atoms with Crippen molar-refractivity contribution in [1.29, 1.82) is 0 Å². The number of hydrogen-bond acceptors (Lipinski definition) is 4. The van der Waals surface area contributed by atoms with Crippen molar-refractivity contribution < 1.29 is 13.2 Å². The highest BCUT2D eigenvalue weighted by Gasteiger charge is 2.25. The monoisotopic (exact) mass is 377 g/mol. The maximum atomic E-state index is 12.1. The van der Waals surface area contributed by atoms with Gasteiger partial charge in [0.1, 0.15) is 0 Å². The second-order valence-corrected chi connectivity index (χ2v) is 7.48. The summed E-state index contributed by atoms with van der Waals surface area (Å²) in [6, 6.07) is 6.54. The molecule has 0 saturated carbocycles. The summed E-state index contributed by atoms with van der Waals surface area (Å²) in [6.45, 7) is 4.44. The lowest BCUT2D eigenvalue weighted by Crippen LogP contribution is -2.52. The van der Waals surface area contributed by atoms with Crippen LogP contribution in [0.3, 0.4) is 0 Å². The van der Waals surface area contributed by atoms with Crippen molar-refractivity contribution in [2.24, 2.45) is 5.73 Å². The minimum absolute atomic E-state index is 0. The van der Waals surface area contributed by atoms with Gasteiger partial charge in [-0.25, -0.2) is 13.1 Å². The fourth-order valence-corrected chi connectivity index (χ4v) is 3.07. The molecule has 1 aromatic carbocycles. The van der Waals surface area contributed by atoms with Gasteiger partial charge in [-0.3, -0.25) is 4.79 Å². The molecular weight excluding hydrogens is 350 g/mol. The van der Waals surface area contributed by atoms with Gasteiger partial charge in [-0.15, -0.1) is 12.4 Å². The highest BCUT2D eigenvalue weighted by molar-refractivity contribution is 7.89. The van der Waals surface area contributed by atoms with E-state index in [1.165, 1.54) is 7.05 Å². The maximum Gasteiger partial charge on any atom is 0.240 e. The Kier molecular flexibility index (Phi) is 9.50. The Morgan fingerprint density at radius 2 is 1.71 bits per heavy atom. The molecule has 0 fully saturated rings. The van der Waals surface area contributed by atoms with E-state index in [0.29, 0.717) is 19.4 Å². The zero-order chi connectivity index (χ0) is 17.5. The second kappa shape index (κ2) is 9.98. The number of amides is 1. The predicted octanol–water partition coefficient (Wildman–Crippen LogP) is 1.58. The second-order valence-electron chi connectivity index (χ2n) is 5.59. The molecule has 0 radical (unpaired) electrons. The van der Waals surface area contributed by atoms with Crippen molar-refractivity contribution in [3.8, 4) is 0 Å². The summed E-state index contributed by atoms with van der Waals surface area (Å²) in [7, 11) is -2.05. The summed E-state index contributed by atoms with van der Waals surface area (Å²) in [6.07, 6.45) is 2.49. The van der Waals surface area contributed by atoms with E-state index in [1.54, 1.807) is 24.3 Å². The molecule has 0 spiro atoms. The fourth-order valence-electron chi connectivity index (χ4n) is 2.34. The van der Waals surface area contributed by atoms with Gasteiger partial charge in [-0.05, 0) is 44.0 Å². The Morgan fingerprint density at radius 3 is 2.12 bits per heavy atom. The van der Waals surface area contributed by atoms with Crippen molar-refractivity contribution in [3.05, 3.63) is 29.8 Å². The number of carbonyl (C=O) groups is 1. The van der Waals surface area contributed by atoms with Crippen molar-refractivity contribution in [3.63, 3.8) is 0 Å². The van der Waals surface area contributed by atoms with Crippen LogP contribution in [-0.2, 0) is 21.2 Å². The summed E-state index contributed by atoms with van der Waals surface area (Å²) in [5.74, 6) is -0.0360. The van der Waals surface area contributed by atoms with E-state index in [2.05, 4.69) is 10.0 Å². The van der Waals surface area contributed by atoms with E-state index < -0.39 is 10.0 Å². The molecule has 0 aliphatic heterocycles. The highest BCUT2D eigenvalue weighted by atomic mass is 35.5. The Morgan fingerprint density at radius 1 is 1.17 bits per heavy atom. The van der Waals surface area contributed by atoms with Crippen LogP contribution in [0.1, 0.15) is 38.7 Å². The Bertz CT molecular complexity index is 606. The first-order chi connectivity index (χ1) is 10.8. The highest BCUT2D eigenvalue weighted by Crippen LogP contribution is 2.15. The lowest BCUT2D eigenvalue weighted by molar-refractivity contribution is -0.123. The smallest absolute Gasteiger partial charge is 0.240 e. The average Bonchev–Trinajstić information content (AvgIpc) is 2.58. The van der Waals surface area contributed by atoms with E-state index >= 15 is 0 Å². The number of sulfonamides is 1.